The van der Waals surface area contributed by atoms with Crippen molar-refractivity contribution in [1.82, 2.24) is 15.3 Å². The van der Waals surface area contributed by atoms with Gasteiger partial charge in [-0.15, -0.1) is 0 Å². The lowest BCUT2D eigenvalue weighted by atomic mass is 10.2. The van der Waals surface area contributed by atoms with Crippen LogP contribution in [0.1, 0.15) is 17.0 Å². The molecule has 166 valence electrons. The van der Waals surface area contributed by atoms with Crippen LogP contribution in [0.4, 0.5) is 16.4 Å². The number of hydrogen-bond donors (Lipinski definition) is 3. The summed E-state index contributed by atoms with van der Waals surface area (Å²) >= 11 is 11.9. The molecular weight excluding hydrogens is 451 g/mol. The summed E-state index contributed by atoms with van der Waals surface area (Å²) in [5.74, 6) is 1.17. The van der Waals surface area contributed by atoms with E-state index in [1.54, 1.807) is 25.3 Å². The number of para-hydroxylation sites is 1. The van der Waals surface area contributed by atoms with E-state index in [9.17, 15) is 4.79 Å². The summed E-state index contributed by atoms with van der Waals surface area (Å²) in [7, 11) is 1.59. The van der Waals surface area contributed by atoms with Crippen molar-refractivity contribution in [2.75, 3.05) is 17.7 Å². The number of carbonyl (C=O) groups is 1. The summed E-state index contributed by atoms with van der Waals surface area (Å²) < 4.78 is 5.37. The molecule has 3 N–H and O–H groups in total. The first kappa shape index (κ1) is 23.3. The van der Waals surface area contributed by atoms with Crippen LogP contribution in [0.3, 0.4) is 0 Å². The minimum absolute atomic E-state index is 0.165. The number of hydrogen-bond acceptors (Lipinski definition) is 5. The van der Waals surface area contributed by atoms with Gasteiger partial charge in [-0.25, -0.2) is 19.8 Å². The minimum Gasteiger partial charge on any atom is -0.496 e. The van der Waals surface area contributed by atoms with Gasteiger partial charge in [-0.3, -0.25) is 10.6 Å². The zero-order valence-corrected chi connectivity index (χ0v) is 19.3. The zero-order valence-electron chi connectivity index (χ0n) is 17.7. The number of rotatable bonds is 5. The van der Waals surface area contributed by atoms with Crippen LogP contribution in [0.2, 0.25) is 10.0 Å². The maximum Gasteiger partial charge on any atom is 0.326 e. The molecule has 2 aromatic carbocycles. The molecule has 3 rings (SSSR count). The van der Waals surface area contributed by atoms with Crippen molar-refractivity contribution in [3.63, 3.8) is 0 Å². The minimum atomic E-state index is -0.529. The Labute approximate surface area is 196 Å². The van der Waals surface area contributed by atoms with Crippen molar-refractivity contribution in [3.05, 3.63) is 75.5 Å². The highest BCUT2D eigenvalue weighted by Gasteiger charge is 2.11. The van der Waals surface area contributed by atoms with Gasteiger partial charge >= 0.3 is 6.03 Å². The molecule has 32 heavy (non-hydrogen) atoms. The number of aryl methyl sites for hydroxylation is 2. The number of benzene rings is 2. The first-order valence-electron chi connectivity index (χ1n) is 9.63. The molecule has 0 saturated heterocycles. The highest BCUT2D eigenvalue weighted by atomic mass is 35.5. The third kappa shape index (κ3) is 6.57. The molecule has 8 nitrogen and oxygen atoms in total. The van der Waals surface area contributed by atoms with Crippen LogP contribution in [0.25, 0.3) is 0 Å². The molecule has 0 fully saturated rings. The van der Waals surface area contributed by atoms with Crippen molar-refractivity contribution in [2.45, 2.75) is 20.4 Å². The van der Waals surface area contributed by atoms with Gasteiger partial charge in [0.2, 0.25) is 11.9 Å². The number of carbonyl (C=O) groups excluding carboxylic acids is 1. The van der Waals surface area contributed by atoms with E-state index in [4.69, 9.17) is 27.9 Å². The van der Waals surface area contributed by atoms with Gasteiger partial charge < -0.3 is 10.1 Å². The molecule has 0 spiro atoms. The van der Waals surface area contributed by atoms with Crippen LogP contribution in [-0.4, -0.2) is 29.1 Å². The largest absolute Gasteiger partial charge is 0.496 e. The van der Waals surface area contributed by atoms with Crippen LogP contribution in [-0.2, 0) is 6.54 Å². The Bertz CT molecular complexity index is 1130. The molecule has 1 heterocycles. The fourth-order valence-corrected chi connectivity index (χ4v) is 3.14. The van der Waals surface area contributed by atoms with Crippen LogP contribution in [0.15, 0.2) is 53.5 Å². The van der Waals surface area contributed by atoms with E-state index >= 15 is 0 Å². The average molecular weight is 473 g/mol. The first-order chi connectivity index (χ1) is 15.3. The number of aromatic nitrogens is 2. The molecule has 0 aliphatic carbocycles. The number of amides is 2. The SMILES string of the molecule is COc1ccccc1CN=C(NC(=O)Nc1ccc(Cl)c(Cl)c1)Nc1nc(C)cc(C)n1. The summed E-state index contributed by atoms with van der Waals surface area (Å²) in [6, 6.07) is 13.6. The second kappa shape index (κ2) is 10.8. The van der Waals surface area contributed by atoms with E-state index in [1.807, 2.05) is 44.2 Å². The van der Waals surface area contributed by atoms with Gasteiger partial charge in [0, 0.05) is 22.6 Å². The van der Waals surface area contributed by atoms with Crippen LogP contribution >= 0.6 is 23.2 Å². The number of anilines is 2. The third-order valence-corrected chi connectivity index (χ3v) is 4.96. The van der Waals surface area contributed by atoms with Crippen LogP contribution in [0.5, 0.6) is 5.75 Å². The Morgan fingerprint density at radius 1 is 1.00 bits per heavy atom. The molecule has 0 unspecified atom stereocenters. The van der Waals surface area contributed by atoms with E-state index < -0.39 is 6.03 Å². The number of guanidine groups is 1. The Morgan fingerprint density at radius 2 is 1.72 bits per heavy atom. The number of urea groups is 1. The summed E-state index contributed by atoms with van der Waals surface area (Å²) in [6.45, 7) is 3.97. The van der Waals surface area contributed by atoms with Crippen molar-refractivity contribution in [1.29, 1.82) is 0 Å². The fourth-order valence-electron chi connectivity index (χ4n) is 2.84. The Morgan fingerprint density at radius 3 is 2.41 bits per heavy atom. The summed E-state index contributed by atoms with van der Waals surface area (Å²) in [5, 5.41) is 9.07. The Kier molecular flexibility index (Phi) is 7.86. The second-order valence-corrected chi connectivity index (χ2v) is 7.60. The topological polar surface area (TPSA) is 101 Å². The third-order valence-electron chi connectivity index (χ3n) is 4.22. The van der Waals surface area contributed by atoms with Gasteiger partial charge in [0.25, 0.3) is 0 Å². The van der Waals surface area contributed by atoms with E-state index in [0.717, 1.165) is 17.0 Å². The predicted octanol–water partition coefficient (Wildman–Crippen LogP) is 5.20. The molecule has 0 saturated carbocycles. The number of aliphatic imine (C=N–C) groups is 1. The van der Waals surface area contributed by atoms with Crippen molar-refractivity contribution in [3.8, 4) is 5.75 Å². The quantitative estimate of drug-likeness (QED) is 0.350. The Balaban J connectivity index is 1.81. The van der Waals surface area contributed by atoms with E-state index in [0.29, 0.717) is 27.4 Å². The Hall–Kier alpha value is -3.36. The van der Waals surface area contributed by atoms with Gasteiger partial charge in [-0.05, 0) is 44.2 Å². The molecular formula is C22H22Cl2N6O2. The van der Waals surface area contributed by atoms with E-state index in [1.165, 1.54) is 0 Å². The maximum absolute atomic E-state index is 12.6. The highest BCUT2D eigenvalue weighted by molar-refractivity contribution is 6.42. The van der Waals surface area contributed by atoms with Crippen molar-refractivity contribution < 1.29 is 9.53 Å². The predicted molar refractivity (Wildman–Crippen MR) is 128 cm³/mol. The van der Waals surface area contributed by atoms with E-state index in [-0.39, 0.29) is 12.5 Å². The normalized spacial score (nSPS) is 11.1. The molecule has 0 bridgehead atoms. The number of halogens is 2. The lowest BCUT2D eigenvalue weighted by Crippen LogP contribution is -2.39. The molecule has 10 heteroatoms. The molecule has 3 aromatic rings. The number of nitrogens with zero attached hydrogens (tertiary/aromatic N) is 3. The maximum atomic E-state index is 12.6. The van der Waals surface area contributed by atoms with Crippen molar-refractivity contribution >= 4 is 46.8 Å². The molecule has 2 amide bonds. The number of methoxy groups -OCH3 is 1. The molecule has 0 radical (unpaired) electrons. The van der Waals surface area contributed by atoms with Gasteiger partial charge in [0.05, 0.1) is 23.7 Å². The zero-order chi connectivity index (χ0) is 23.1. The highest BCUT2D eigenvalue weighted by Crippen LogP contribution is 2.25. The second-order valence-electron chi connectivity index (χ2n) is 6.78. The molecule has 0 atom stereocenters. The summed E-state index contributed by atoms with van der Waals surface area (Å²) in [5.41, 5.74) is 2.89. The van der Waals surface area contributed by atoms with Crippen molar-refractivity contribution in [2.24, 2.45) is 4.99 Å². The van der Waals surface area contributed by atoms with Gasteiger partial charge in [0.15, 0.2) is 0 Å². The van der Waals surface area contributed by atoms with Crippen LogP contribution in [0, 0.1) is 13.8 Å². The van der Waals surface area contributed by atoms with E-state index in [2.05, 4.69) is 30.9 Å². The van der Waals surface area contributed by atoms with Gasteiger partial charge in [-0.1, -0.05) is 41.4 Å². The van der Waals surface area contributed by atoms with Gasteiger partial charge in [0.1, 0.15) is 5.75 Å². The lowest BCUT2D eigenvalue weighted by Gasteiger charge is -2.13. The summed E-state index contributed by atoms with van der Waals surface area (Å²) in [6.07, 6.45) is 0. The molecule has 0 aliphatic rings. The number of ether oxygens (including phenoxy) is 1. The van der Waals surface area contributed by atoms with Gasteiger partial charge in [-0.2, -0.15) is 0 Å². The lowest BCUT2D eigenvalue weighted by molar-refractivity contribution is 0.256. The average Bonchev–Trinajstić information content (AvgIpc) is 2.74. The molecule has 1 aromatic heterocycles. The standard InChI is InChI=1S/C22H22Cl2N6O2/c1-13-10-14(2)27-21(26-13)29-20(25-12-15-6-4-5-7-19(15)32-3)30-22(31)28-16-8-9-17(23)18(24)11-16/h4-11H,12H2,1-3H3,(H3,25,26,27,28,29,30,31). The number of nitrogens with one attached hydrogen (secondary N) is 3. The smallest absolute Gasteiger partial charge is 0.326 e. The fraction of sp³-hybridized carbons (Fsp3) is 0.182. The van der Waals surface area contributed by atoms with Crippen LogP contribution < -0.4 is 20.7 Å². The first-order valence-corrected chi connectivity index (χ1v) is 10.4. The monoisotopic (exact) mass is 472 g/mol. The molecule has 0 aliphatic heterocycles. The summed E-state index contributed by atoms with van der Waals surface area (Å²) in [4.78, 5) is 25.8.